The van der Waals surface area contributed by atoms with Gasteiger partial charge < -0.3 is 30.0 Å². The van der Waals surface area contributed by atoms with E-state index in [1.165, 1.54) is 4.90 Å². The van der Waals surface area contributed by atoms with Crippen LogP contribution in [0.5, 0.6) is 5.75 Å². The van der Waals surface area contributed by atoms with E-state index in [0.29, 0.717) is 69.0 Å². The van der Waals surface area contributed by atoms with Gasteiger partial charge in [0.2, 0.25) is 21.8 Å². The highest BCUT2D eigenvalue weighted by atomic mass is 32.2. The van der Waals surface area contributed by atoms with E-state index in [9.17, 15) is 32.4 Å². The number of carbonyl (C=O) groups excluding carboxylic acids is 4. The van der Waals surface area contributed by atoms with Crippen LogP contribution in [0.4, 0.5) is 4.79 Å². The van der Waals surface area contributed by atoms with Crippen molar-refractivity contribution < 1.29 is 37.1 Å². The molecule has 1 aromatic heterocycles. The van der Waals surface area contributed by atoms with E-state index < -0.39 is 62.1 Å². The fraction of sp³-hybridized carbons (Fsp3) is 0.564. The number of fused-ring (bicyclic) bond motifs is 3. The third-order valence-electron chi connectivity index (χ3n) is 10.8. The number of nitrogens with one attached hydrogen (secondary N) is 4. The smallest absolute Gasteiger partial charge is 0.407 e. The molecule has 4 N–H and O–H groups in total. The molecule has 54 heavy (non-hydrogen) atoms. The first-order valence-electron chi connectivity index (χ1n) is 18.9. The van der Waals surface area contributed by atoms with Crippen LogP contribution >= 0.6 is 0 Å². The van der Waals surface area contributed by atoms with Crippen molar-refractivity contribution in [3.05, 3.63) is 58.5 Å². The summed E-state index contributed by atoms with van der Waals surface area (Å²) in [6.45, 7) is 4.26. The number of rotatable bonds is 10. The molecule has 4 atom stereocenters. The first-order valence-corrected chi connectivity index (χ1v) is 20.4. The van der Waals surface area contributed by atoms with Crippen LogP contribution in [0.1, 0.15) is 90.0 Å². The van der Waals surface area contributed by atoms with Crippen LogP contribution < -0.4 is 25.7 Å². The molecule has 1 unspecified atom stereocenters. The number of benzene rings is 1. The molecule has 2 saturated carbocycles. The van der Waals surface area contributed by atoms with Crippen LogP contribution in [0.2, 0.25) is 0 Å². The molecule has 3 heterocycles. The zero-order valence-corrected chi connectivity index (χ0v) is 32.0. The molecule has 2 aromatic rings. The number of pyridine rings is 1. The lowest BCUT2D eigenvalue weighted by molar-refractivity contribution is -0.141. The molecule has 2 aliphatic heterocycles. The van der Waals surface area contributed by atoms with Gasteiger partial charge in [-0.3, -0.25) is 23.9 Å². The van der Waals surface area contributed by atoms with E-state index in [-0.39, 0.29) is 24.5 Å². The highest BCUT2D eigenvalue weighted by Crippen LogP contribution is 2.46. The number of nitrogens with zero attached hydrogens (tertiary/aromatic N) is 1. The second-order valence-electron chi connectivity index (χ2n) is 15.7. The van der Waals surface area contributed by atoms with E-state index in [4.69, 9.17) is 9.47 Å². The third kappa shape index (κ3) is 8.99. The van der Waals surface area contributed by atoms with Crippen molar-refractivity contribution in [3.8, 4) is 5.75 Å². The lowest BCUT2D eigenvalue weighted by Gasteiger charge is -2.30. The van der Waals surface area contributed by atoms with E-state index >= 15 is 0 Å². The monoisotopic (exact) mass is 765 g/mol. The van der Waals surface area contributed by atoms with Gasteiger partial charge in [-0.05, 0) is 81.4 Å². The first kappa shape index (κ1) is 39.0. The Kier molecular flexibility index (Phi) is 11.6. The predicted molar refractivity (Wildman–Crippen MR) is 203 cm³/mol. The van der Waals surface area contributed by atoms with E-state index in [1.807, 2.05) is 50.3 Å². The number of amides is 4. The summed E-state index contributed by atoms with van der Waals surface area (Å²) in [5, 5.41) is 6.33. The highest BCUT2D eigenvalue weighted by molar-refractivity contribution is 7.91. The molecule has 4 amide bonds. The molecule has 0 spiro atoms. The summed E-state index contributed by atoms with van der Waals surface area (Å²) in [4.78, 5) is 70.9. The van der Waals surface area contributed by atoms with Gasteiger partial charge in [0.1, 0.15) is 23.4 Å². The molecule has 14 nitrogen and oxygen atoms in total. The van der Waals surface area contributed by atoms with Gasteiger partial charge in [-0.1, -0.05) is 51.0 Å². The molecule has 0 radical (unpaired) electrons. The number of hydrogen-bond donors (Lipinski definition) is 4. The van der Waals surface area contributed by atoms with Gasteiger partial charge in [-0.15, -0.1) is 0 Å². The van der Waals surface area contributed by atoms with Crippen molar-refractivity contribution in [2.75, 3.05) is 20.3 Å². The Morgan fingerprint density at radius 2 is 1.87 bits per heavy atom. The highest BCUT2D eigenvalue weighted by Gasteiger charge is 2.61. The van der Waals surface area contributed by atoms with Crippen LogP contribution in [0, 0.1) is 11.3 Å². The van der Waals surface area contributed by atoms with Crippen molar-refractivity contribution in [1.29, 1.82) is 0 Å². The summed E-state index contributed by atoms with van der Waals surface area (Å²) in [6.07, 6.45) is 14.5. The second-order valence-corrected chi connectivity index (χ2v) is 17.7. The number of carbonyl (C=O) groups is 4. The van der Waals surface area contributed by atoms with Gasteiger partial charge in [0, 0.05) is 35.0 Å². The molecule has 15 heteroatoms. The zero-order chi connectivity index (χ0) is 38.7. The lowest BCUT2D eigenvalue weighted by atomic mass is 9.90. The Morgan fingerprint density at radius 1 is 1.07 bits per heavy atom. The molecule has 292 valence electrons. The molecular weight excluding hydrogens is 715 g/mol. The van der Waals surface area contributed by atoms with Gasteiger partial charge in [-0.25, -0.2) is 13.2 Å². The van der Waals surface area contributed by atoms with Crippen LogP contribution in [0.15, 0.2) is 47.4 Å². The van der Waals surface area contributed by atoms with Crippen LogP contribution in [0.3, 0.4) is 0 Å². The van der Waals surface area contributed by atoms with Gasteiger partial charge in [-0.2, -0.15) is 0 Å². The van der Waals surface area contributed by atoms with Crippen molar-refractivity contribution in [2.45, 2.75) is 107 Å². The summed E-state index contributed by atoms with van der Waals surface area (Å²) in [5.41, 5.74) is -1.34. The normalized spacial score (nSPS) is 25.8. The van der Waals surface area contributed by atoms with Crippen LogP contribution in [-0.4, -0.2) is 85.3 Å². The van der Waals surface area contributed by atoms with Gasteiger partial charge in [0.15, 0.2) is 0 Å². The Labute approximate surface area is 315 Å². The van der Waals surface area contributed by atoms with Crippen LogP contribution in [0.25, 0.3) is 16.8 Å². The number of sulfonamides is 1. The molecule has 1 aromatic carbocycles. The summed E-state index contributed by atoms with van der Waals surface area (Å²) in [6, 6.07) is 3.60. The van der Waals surface area contributed by atoms with E-state index in [1.54, 1.807) is 19.4 Å². The average molecular weight is 766 g/mol. The Balaban J connectivity index is 1.09. The standard InChI is InChI=1S/C39H51N5O9S/c1-38(2,18-9-11-26-21-29-25(22-32(26)52-3)17-19-40-33(29)45)24-53-37(49)41-30-13-8-6-4-5-7-12-27-23-39(27,36(48)43-54(50,51)28-15-16-28)42-34(46)31-14-10-20-44(31)35(30)47/h7,9,11-12,17,19,21-22,27-28,30-31H,4-6,8,10,13-16,18,20,23-24H2,1-3H3,(H,40,45)(H,41,49)(H,42,46)(H,43,48)/b11-9+,12-7-/t27?,30-,31-,39+/m0/s1. The maximum atomic E-state index is 14.0. The summed E-state index contributed by atoms with van der Waals surface area (Å²) >= 11 is 0. The van der Waals surface area contributed by atoms with E-state index in [2.05, 4.69) is 20.3 Å². The first-order chi connectivity index (χ1) is 25.7. The quantitative estimate of drug-likeness (QED) is 0.258. The summed E-state index contributed by atoms with van der Waals surface area (Å²) < 4.78 is 38.7. The average Bonchev–Trinajstić information content (AvgIpc) is 4.05. The van der Waals surface area contributed by atoms with Crippen molar-refractivity contribution in [2.24, 2.45) is 11.3 Å². The number of methoxy groups -OCH3 is 1. The topological polar surface area (TPSA) is 193 Å². The van der Waals surface area contributed by atoms with Gasteiger partial charge in [0.25, 0.3) is 11.5 Å². The SMILES string of the molecule is COc1cc2cc[nH]c(=O)c2cc1/C=C/CC(C)(C)COC(=O)N[C@H]1CCCCC/C=C\C2C[C@@]2(C(=O)NS(=O)(=O)C2CC2)NC(=O)[C@@H]2CCCN2C1=O. The Morgan fingerprint density at radius 3 is 2.63 bits per heavy atom. The fourth-order valence-corrected chi connectivity index (χ4v) is 8.69. The minimum absolute atomic E-state index is 0.0570. The predicted octanol–water partition coefficient (Wildman–Crippen LogP) is 4.06. The Bertz CT molecular complexity index is 2000. The molecule has 3 fully saturated rings. The number of ether oxygens (including phenoxy) is 2. The molecule has 1 saturated heterocycles. The molecule has 2 aliphatic carbocycles. The second kappa shape index (κ2) is 16.0. The van der Waals surface area contributed by atoms with Crippen molar-refractivity contribution in [1.82, 2.24) is 25.2 Å². The minimum Gasteiger partial charge on any atom is -0.496 e. The Hall–Kier alpha value is -4.66. The van der Waals surface area contributed by atoms with Crippen molar-refractivity contribution >= 4 is 50.7 Å². The van der Waals surface area contributed by atoms with Gasteiger partial charge >= 0.3 is 6.09 Å². The fourth-order valence-electron chi connectivity index (χ4n) is 7.32. The molecule has 0 bridgehead atoms. The molecule has 4 aliphatic rings. The van der Waals surface area contributed by atoms with Crippen LogP contribution in [-0.2, 0) is 29.1 Å². The number of hydrogen-bond acceptors (Lipinski definition) is 9. The van der Waals surface area contributed by atoms with E-state index in [0.717, 1.165) is 23.8 Å². The number of allylic oxidation sites excluding steroid dienone is 2. The zero-order valence-electron chi connectivity index (χ0n) is 31.2. The summed E-state index contributed by atoms with van der Waals surface area (Å²) in [7, 11) is -2.26. The largest absolute Gasteiger partial charge is 0.496 e. The minimum atomic E-state index is -3.83. The lowest BCUT2D eigenvalue weighted by Crippen LogP contribution is -2.58. The summed E-state index contributed by atoms with van der Waals surface area (Å²) in [5.74, 6) is -1.40. The molecular formula is C39H51N5O9S. The number of aromatic amines is 1. The van der Waals surface area contributed by atoms with Gasteiger partial charge in [0.05, 0.1) is 19.0 Å². The third-order valence-corrected chi connectivity index (χ3v) is 12.6. The number of aromatic nitrogens is 1. The molecule has 6 rings (SSSR count). The van der Waals surface area contributed by atoms with Crippen molar-refractivity contribution in [3.63, 3.8) is 0 Å². The maximum absolute atomic E-state index is 14.0. The maximum Gasteiger partial charge on any atom is 0.407 e. The number of alkyl carbamates (subject to hydrolysis) is 1. The number of H-pyrrole nitrogens is 1.